The predicted molar refractivity (Wildman–Crippen MR) is 77.8 cm³/mol. The minimum absolute atomic E-state index is 0.0212. The largest absolute Gasteiger partial charge is 0.494 e. The molecule has 1 aromatic rings. The summed E-state index contributed by atoms with van der Waals surface area (Å²) in [7, 11) is 0. The van der Waals surface area contributed by atoms with Crippen molar-refractivity contribution in [2.24, 2.45) is 5.92 Å². The number of rotatable bonds is 5. The van der Waals surface area contributed by atoms with Gasteiger partial charge in [0, 0.05) is 17.8 Å². The molecule has 1 aliphatic heterocycles. The first-order chi connectivity index (χ1) is 9.74. The molecular formula is C15H22N2O3. The van der Waals surface area contributed by atoms with Crippen molar-refractivity contribution in [3.8, 4) is 5.75 Å². The molecule has 0 aliphatic carbocycles. The first-order valence-electron chi connectivity index (χ1n) is 7.12. The zero-order valence-electron chi connectivity index (χ0n) is 11.8. The van der Waals surface area contributed by atoms with Crippen LogP contribution in [0, 0.1) is 5.92 Å². The van der Waals surface area contributed by atoms with Crippen molar-refractivity contribution in [3.63, 3.8) is 0 Å². The Hall–Kier alpha value is -1.59. The fraction of sp³-hybridized carbons (Fsp3) is 0.533. The number of hydrogen-bond donors (Lipinski definition) is 3. The van der Waals surface area contributed by atoms with Gasteiger partial charge in [0.15, 0.2) is 0 Å². The molecule has 3 N–H and O–H groups in total. The molecule has 0 bridgehead atoms. The molecule has 1 atom stereocenters. The highest BCUT2D eigenvalue weighted by atomic mass is 16.5. The number of carbonyl (C=O) groups is 1. The Labute approximate surface area is 119 Å². The molecule has 1 aromatic carbocycles. The lowest BCUT2D eigenvalue weighted by atomic mass is 9.98. The highest BCUT2D eigenvalue weighted by Crippen LogP contribution is 2.24. The number of amides is 1. The molecule has 0 saturated carbocycles. The van der Waals surface area contributed by atoms with Crippen LogP contribution in [0.5, 0.6) is 5.75 Å². The van der Waals surface area contributed by atoms with Gasteiger partial charge in [0.25, 0.3) is 0 Å². The summed E-state index contributed by atoms with van der Waals surface area (Å²) >= 11 is 0. The van der Waals surface area contributed by atoms with E-state index in [2.05, 4.69) is 10.6 Å². The molecule has 1 amide bonds. The molecule has 1 aliphatic rings. The number of ether oxygens (including phenoxy) is 1. The van der Waals surface area contributed by atoms with Crippen molar-refractivity contribution in [1.82, 2.24) is 5.32 Å². The van der Waals surface area contributed by atoms with E-state index in [4.69, 9.17) is 4.74 Å². The van der Waals surface area contributed by atoms with E-state index in [0.717, 1.165) is 25.9 Å². The van der Waals surface area contributed by atoms with Gasteiger partial charge in [0.05, 0.1) is 19.1 Å². The number of nitrogens with one attached hydrogen (secondary N) is 2. The summed E-state index contributed by atoms with van der Waals surface area (Å²) in [6, 6.07) is 5.35. The maximum absolute atomic E-state index is 12.1. The molecule has 0 radical (unpaired) electrons. The van der Waals surface area contributed by atoms with Gasteiger partial charge < -0.3 is 20.5 Å². The molecule has 110 valence electrons. The van der Waals surface area contributed by atoms with Gasteiger partial charge in [0.2, 0.25) is 5.91 Å². The maximum Gasteiger partial charge on any atom is 0.228 e. The average Bonchev–Trinajstić information content (AvgIpc) is 2.50. The normalized spacial score (nSPS) is 18.6. The zero-order chi connectivity index (χ0) is 14.4. The third-order valence-electron chi connectivity index (χ3n) is 3.47. The molecule has 5 heteroatoms. The first-order valence-corrected chi connectivity index (χ1v) is 7.12. The van der Waals surface area contributed by atoms with Crippen LogP contribution >= 0.6 is 0 Å². The number of piperidine rings is 1. The summed E-state index contributed by atoms with van der Waals surface area (Å²) in [5.74, 6) is 0.713. The van der Waals surface area contributed by atoms with E-state index in [-0.39, 0.29) is 18.4 Å². The topological polar surface area (TPSA) is 70.6 Å². The molecule has 1 heterocycles. The van der Waals surface area contributed by atoms with Crippen LogP contribution in [0.15, 0.2) is 18.2 Å². The lowest BCUT2D eigenvalue weighted by Gasteiger charge is -2.22. The van der Waals surface area contributed by atoms with Crippen LogP contribution in [0.1, 0.15) is 25.3 Å². The Bertz CT molecular complexity index is 456. The molecule has 0 aromatic heterocycles. The fourth-order valence-electron chi connectivity index (χ4n) is 2.40. The van der Waals surface area contributed by atoms with Gasteiger partial charge in [-0.2, -0.15) is 0 Å². The van der Waals surface area contributed by atoms with Crippen molar-refractivity contribution >= 4 is 11.6 Å². The number of hydrogen-bond acceptors (Lipinski definition) is 4. The summed E-state index contributed by atoms with van der Waals surface area (Å²) in [5, 5.41) is 15.5. The lowest BCUT2D eigenvalue weighted by molar-refractivity contribution is -0.120. The fourth-order valence-corrected chi connectivity index (χ4v) is 2.40. The van der Waals surface area contributed by atoms with Gasteiger partial charge in [-0.15, -0.1) is 0 Å². The second kappa shape index (κ2) is 7.26. The van der Waals surface area contributed by atoms with Gasteiger partial charge in [0.1, 0.15) is 5.75 Å². The van der Waals surface area contributed by atoms with E-state index in [1.807, 2.05) is 6.92 Å². The van der Waals surface area contributed by atoms with E-state index in [1.165, 1.54) is 0 Å². The zero-order valence-corrected chi connectivity index (χ0v) is 11.8. The molecular weight excluding hydrogens is 256 g/mol. The van der Waals surface area contributed by atoms with Crippen LogP contribution in [-0.2, 0) is 11.4 Å². The smallest absolute Gasteiger partial charge is 0.228 e. The second-order valence-corrected chi connectivity index (χ2v) is 4.95. The summed E-state index contributed by atoms with van der Waals surface area (Å²) in [4.78, 5) is 12.1. The van der Waals surface area contributed by atoms with Crippen LogP contribution in [0.3, 0.4) is 0 Å². The Kier molecular flexibility index (Phi) is 5.38. The van der Waals surface area contributed by atoms with Gasteiger partial charge >= 0.3 is 0 Å². The van der Waals surface area contributed by atoms with Crippen LogP contribution in [-0.4, -0.2) is 30.7 Å². The van der Waals surface area contributed by atoms with Gasteiger partial charge in [-0.1, -0.05) is 0 Å². The van der Waals surface area contributed by atoms with Crippen LogP contribution in [0.25, 0.3) is 0 Å². The van der Waals surface area contributed by atoms with Gasteiger partial charge in [-0.3, -0.25) is 4.79 Å². The first kappa shape index (κ1) is 14.8. The van der Waals surface area contributed by atoms with Crippen molar-refractivity contribution in [3.05, 3.63) is 23.8 Å². The van der Waals surface area contributed by atoms with Crippen molar-refractivity contribution < 1.29 is 14.6 Å². The molecule has 2 rings (SSSR count). The molecule has 0 spiro atoms. The molecule has 0 unspecified atom stereocenters. The van der Waals surface area contributed by atoms with E-state index in [0.29, 0.717) is 23.6 Å². The van der Waals surface area contributed by atoms with Crippen molar-refractivity contribution in [1.29, 1.82) is 0 Å². The number of aliphatic hydroxyl groups is 1. The van der Waals surface area contributed by atoms with Crippen molar-refractivity contribution in [2.45, 2.75) is 26.4 Å². The lowest BCUT2D eigenvalue weighted by Crippen LogP contribution is -2.37. The van der Waals surface area contributed by atoms with E-state index >= 15 is 0 Å². The third-order valence-corrected chi connectivity index (χ3v) is 3.47. The van der Waals surface area contributed by atoms with Gasteiger partial charge in [-0.25, -0.2) is 0 Å². The van der Waals surface area contributed by atoms with Gasteiger partial charge in [-0.05, 0) is 44.5 Å². The highest BCUT2D eigenvalue weighted by Gasteiger charge is 2.21. The van der Waals surface area contributed by atoms with E-state index in [9.17, 15) is 9.90 Å². The Morgan fingerprint density at radius 2 is 2.40 bits per heavy atom. The quantitative estimate of drug-likeness (QED) is 0.763. The molecule has 20 heavy (non-hydrogen) atoms. The van der Waals surface area contributed by atoms with Crippen LogP contribution in [0.4, 0.5) is 5.69 Å². The number of benzene rings is 1. The SMILES string of the molecule is CCOc1ccc(NC(=O)[C@H]2CCCNC2)cc1CO. The highest BCUT2D eigenvalue weighted by molar-refractivity contribution is 5.92. The Balaban J connectivity index is 2.03. The number of aliphatic hydroxyl groups excluding tert-OH is 1. The summed E-state index contributed by atoms with van der Waals surface area (Å²) < 4.78 is 5.42. The number of carbonyl (C=O) groups excluding carboxylic acids is 1. The predicted octanol–water partition coefficient (Wildman–Crippen LogP) is 1.52. The third kappa shape index (κ3) is 3.71. The molecule has 5 nitrogen and oxygen atoms in total. The standard InChI is InChI=1S/C15H22N2O3/c1-2-20-14-6-5-13(8-12(14)10-18)17-15(19)11-4-3-7-16-9-11/h5-6,8,11,16,18H,2-4,7,9-10H2,1H3,(H,17,19)/t11-/m0/s1. The summed E-state index contributed by atoms with van der Waals surface area (Å²) in [6.07, 6.45) is 1.95. The monoisotopic (exact) mass is 278 g/mol. The van der Waals surface area contributed by atoms with Crippen LogP contribution < -0.4 is 15.4 Å². The summed E-state index contributed by atoms with van der Waals surface area (Å²) in [6.45, 7) is 4.06. The van der Waals surface area contributed by atoms with E-state index < -0.39 is 0 Å². The van der Waals surface area contributed by atoms with E-state index in [1.54, 1.807) is 18.2 Å². The Morgan fingerprint density at radius 3 is 3.05 bits per heavy atom. The minimum Gasteiger partial charge on any atom is -0.494 e. The molecule has 1 fully saturated rings. The second-order valence-electron chi connectivity index (χ2n) is 4.95. The Morgan fingerprint density at radius 1 is 1.55 bits per heavy atom. The van der Waals surface area contributed by atoms with Crippen molar-refractivity contribution in [2.75, 3.05) is 25.0 Å². The average molecular weight is 278 g/mol. The minimum atomic E-state index is -0.107. The molecule has 1 saturated heterocycles. The number of anilines is 1. The van der Waals surface area contributed by atoms with Crippen LogP contribution in [0.2, 0.25) is 0 Å². The summed E-state index contributed by atoms with van der Waals surface area (Å²) in [5.41, 5.74) is 1.39. The maximum atomic E-state index is 12.1.